The van der Waals surface area contributed by atoms with Gasteiger partial charge in [-0.25, -0.2) is 0 Å². The highest BCUT2D eigenvalue weighted by Gasteiger charge is 2.02. The Morgan fingerprint density at radius 1 is 1.27 bits per heavy atom. The molecule has 0 atom stereocenters. The summed E-state index contributed by atoms with van der Waals surface area (Å²) in [4.78, 5) is 2.13. The fraction of sp³-hybridized carbons (Fsp3) is 0.400. The molecule has 0 heterocycles. The van der Waals surface area contributed by atoms with Crippen LogP contribution in [0.5, 0.6) is 0 Å². The molecule has 0 aromatic heterocycles. The van der Waals surface area contributed by atoms with Crippen LogP contribution in [0.25, 0.3) is 0 Å². The molecule has 0 fully saturated rings. The molecule has 11 heavy (non-hydrogen) atoms. The maximum Gasteiger partial charge on any atom is 0.0169 e. The van der Waals surface area contributed by atoms with Crippen molar-refractivity contribution >= 4 is 0 Å². The van der Waals surface area contributed by atoms with Crippen molar-refractivity contribution in [3.63, 3.8) is 0 Å². The Kier molecular flexibility index (Phi) is 2.18. The molecule has 0 saturated heterocycles. The number of allylic oxidation sites excluding steroid dienone is 6. The molecule has 0 N–H and O–H groups in total. The second-order valence-electron chi connectivity index (χ2n) is 3.16. The number of hydrogen-bond acceptors (Lipinski definition) is 1. The number of hydrogen-bond donors (Lipinski definition) is 0. The fourth-order valence-corrected chi connectivity index (χ4v) is 1.05. The maximum atomic E-state index is 2.20. The fourth-order valence-electron chi connectivity index (χ4n) is 1.05. The van der Waals surface area contributed by atoms with Gasteiger partial charge in [0.25, 0.3) is 0 Å². The van der Waals surface area contributed by atoms with Crippen LogP contribution in [0.2, 0.25) is 0 Å². The molecule has 0 amide bonds. The highest BCUT2D eigenvalue weighted by atomic mass is 15.1. The lowest BCUT2D eigenvalue weighted by molar-refractivity contribution is 0.511. The Labute approximate surface area is 68.7 Å². The first-order chi connectivity index (χ1) is 5.11. The molecule has 1 aliphatic rings. The van der Waals surface area contributed by atoms with E-state index >= 15 is 0 Å². The molecule has 0 aromatic rings. The van der Waals surface area contributed by atoms with E-state index in [-0.39, 0.29) is 0 Å². The van der Waals surface area contributed by atoms with Crippen LogP contribution < -0.4 is 0 Å². The van der Waals surface area contributed by atoms with Gasteiger partial charge in [-0.2, -0.15) is 0 Å². The van der Waals surface area contributed by atoms with Gasteiger partial charge >= 0.3 is 0 Å². The zero-order chi connectivity index (χ0) is 8.43. The van der Waals surface area contributed by atoms with Crippen LogP contribution in [-0.4, -0.2) is 19.0 Å². The topological polar surface area (TPSA) is 3.24 Å². The first-order valence-electron chi connectivity index (χ1n) is 3.86. The minimum Gasteiger partial charge on any atom is -0.381 e. The molecular formula is C10H15N. The summed E-state index contributed by atoms with van der Waals surface area (Å²) in [6.07, 6.45) is 6.50. The van der Waals surface area contributed by atoms with Crippen molar-refractivity contribution in [2.45, 2.75) is 13.8 Å². The van der Waals surface area contributed by atoms with Crippen LogP contribution in [0.4, 0.5) is 0 Å². The zero-order valence-corrected chi connectivity index (χ0v) is 7.68. The van der Waals surface area contributed by atoms with Gasteiger partial charge < -0.3 is 4.90 Å². The summed E-state index contributed by atoms with van der Waals surface area (Å²) < 4.78 is 0. The van der Waals surface area contributed by atoms with Crippen molar-refractivity contribution < 1.29 is 0 Å². The average Bonchev–Trinajstić information content (AvgIpc) is 2.34. The van der Waals surface area contributed by atoms with E-state index < -0.39 is 0 Å². The molecule has 0 aromatic carbocycles. The van der Waals surface area contributed by atoms with Crippen molar-refractivity contribution in [1.29, 1.82) is 0 Å². The van der Waals surface area contributed by atoms with Gasteiger partial charge in [-0.1, -0.05) is 23.8 Å². The third-order valence-electron chi connectivity index (χ3n) is 2.00. The lowest BCUT2D eigenvalue weighted by Gasteiger charge is -2.14. The van der Waals surface area contributed by atoms with E-state index in [4.69, 9.17) is 0 Å². The van der Waals surface area contributed by atoms with Crippen LogP contribution >= 0.6 is 0 Å². The van der Waals surface area contributed by atoms with Crippen molar-refractivity contribution in [1.82, 2.24) is 4.90 Å². The third-order valence-corrected chi connectivity index (χ3v) is 2.00. The monoisotopic (exact) mass is 149 g/mol. The molecule has 1 aliphatic carbocycles. The van der Waals surface area contributed by atoms with Gasteiger partial charge in [0.1, 0.15) is 0 Å². The van der Waals surface area contributed by atoms with Gasteiger partial charge in [-0.05, 0) is 19.4 Å². The quantitative estimate of drug-likeness (QED) is 0.553. The SMILES string of the molecule is CC1=C/C(=C(\C)N(C)C)C=C1. The van der Waals surface area contributed by atoms with Crippen molar-refractivity contribution in [2.24, 2.45) is 0 Å². The molecule has 60 valence electrons. The Balaban J connectivity index is 2.92. The summed E-state index contributed by atoms with van der Waals surface area (Å²) in [6, 6.07) is 0. The summed E-state index contributed by atoms with van der Waals surface area (Å²) in [7, 11) is 4.13. The van der Waals surface area contributed by atoms with Gasteiger partial charge in [0.15, 0.2) is 0 Å². The normalized spacial score (nSPS) is 20.2. The summed E-state index contributed by atoms with van der Waals surface area (Å²) in [6.45, 7) is 4.25. The van der Waals surface area contributed by atoms with Crippen molar-refractivity contribution in [3.8, 4) is 0 Å². The van der Waals surface area contributed by atoms with Gasteiger partial charge in [-0.3, -0.25) is 0 Å². The van der Waals surface area contributed by atoms with Gasteiger partial charge in [0.05, 0.1) is 0 Å². The Morgan fingerprint density at radius 2 is 1.91 bits per heavy atom. The average molecular weight is 149 g/mol. The summed E-state index contributed by atoms with van der Waals surface area (Å²) in [5.74, 6) is 0. The van der Waals surface area contributed by atoms with Crippen LogP contribution in [0.15, 0.2) is 35.1 Å². The van der Waals surface area contributed by atoms with Crippen molar-refractivity contribution in [3.05, 3.63) is 35.1 Å². The molecule has 1 heteroatoms. The molecule has 0 saturated carbocycles. The Morgan fingerprint density at radius 3 is 2.27 bits per heavy atom. The van der Waals surface area contributed by atoms with E-state index in [1.54, 1.807) is 0 Å². The van der Waals surface area contributed by atoms with Gasteiger partial charge in [-0.15, -0.1) is 0 Å². The number of nitrogens with zero attached hydrogens (tertiary/aromatic N) is 1. The van der Waals surface area contributed by atoms with Crippen molar-refractivity contribution in [2.75, 3.05) is 14.1 Å². The van der Waals surface area contributed by atoms with Crippen LogP contribution in [0.3, 0.4) is 0 Å². The summed E-state index contributed by atoms with van der Waals surface area (Å²) in [5.41, 5.74) is 3.98. The van der Waals surface area contributed by atoms with E-state index in [2.05, 4.69) is 51.1 Å². The van der Waals surface area contributed by atoms with E-state index in [1.165, 1.54) is 16.8 Å². The molecule has 0 spiro atoms. The molecule has 0 aliphatic heterocycles. The largest absolute Gasteiger partial charge is 0.381 e. The standard InChI is InChI=1S/C10H15N/c1-8-5-6-10(7-8)9(2)11(3)4/h5-7H,1-4H3/b10-9+. The van der Waals surface area contributed by atoms with Gasteiger partial charge in [0.2, 0.25) is 0 Å². The second kappa shape index (κ2) is 2.95. The Hall–Kier alpha value is -0.980. The molecule has 0 bridgehead atoms. The molecule has 1 rings (SSSR count). The lowest BCUT2D eigenvalue weighted by atomic mass is 10.2. The first kappa shape index (κ1) is 8.12. The predicted octanol–water partition coefficient (Wildman–Crippen LogP) is 2.34. The third kappa shape index (κ3) is 1.73. The lowest BCUT2D eigenvalue weighted by Crippen LogP contribution is -2.09. The van der Waals surface area contributed by atoms with Crippen LogP contribution in [-0.2, 0) is 0 Å². The van der Waals surface area contributed by atoms with Gasteiger partial charge in [0, 0.05) is 19.8 Å². The van der Waals surface area contributed by atoms with Crippen LogP contribution in [0, 0.1) is 0 Å². The summed E-state index contributed by atoms with van der Waals surface area (Å²) >= 11 is 0. The minimum atomic E-state index is 1.32. The number of rotatable bonds is 1. The molecule has 0 unspecified atom stereocenters. The van der Waals surface area contributed by atoms with E-state index in [1.807, 2.05) is 0 Å². The maximum absolute atomic E-state index is 2.20. The molecule has 0 radical (unpaired) electrons. The zero-order valence-electron chi connectivity index (χ0n) is 7.68. The predicted molar refractivity (Wildman–Crippen MR) is 49.3 cm³/mol. The molecular weight excluding hydrogens is 134 g/mol. The smallest absolute Gasteiger partial charge is 0.0169 e. The molecule has 1 nitrogen and oxygen atoms in total. The Bertz CT molecular complexity index is 242. The first-order valence-corrected chi connectivity index (χ1v) is 3.86. The van der Waals surface area contributed by atoms with E-state index in [0.29, 0.717) is 0 Å². The highest BCUT2D eigenvalue weighted by Crippen LogP contribution is 2.18. The minimum absolute atomic E-state index is 1.32. The second-order valence-corrected chi connectivity index (χ2v) is 3.16. The highest BCUT2D eigenvalue weighted by molar-refractivity contribution is 5.46. The van der Waals surface area contributed by atoms with Crippen LogP contribution in [0.1, 0.15) is 13.8 Å². The summed E-state index contributed by atoms with van der Waals surface area (Å²) in [5, 5.41) is 0. The van der Waals surface area contributed by atoms with E-state index in [9.17, 15) is 0 Å². The van der Waals surface area contributed by atoms with E-state index in [0.717, 1.165) is 0 Å².